The fraction of sp³-hybridized carbons (Fsp3) is 0.300. The second kappa shape index (κ2) is 6.58. The maximum Gasteiger partial charge on any atom is 0.340 e. The number of sulfonamides is 1. The highest BCUT2D eigenvalue weighted by Gasteiger charge is 2.24. The van der Waals surface area contributed by atoms with Crippen LogP contribution in [0.3, 0.4) is 0 Å². The van der Waals surface area contributed by atoms with Gasteiger partial charge in [0.25, 0.3) is 0 Å². The minimum Gasteiger partial charge on any atom is -0.465 e. The van der Waals surface area contributed by atoms with Gasteiger partial charge in [-0.15, -0.1) is 0 Å². The lowest BCUT2D eigenvalue weighted by Gasteiger charge is -2.09. The topological polar surface area (TPSA) is 72.5 Å². The molecule has 0 radical (unpaired) electrons. The molecule has 0 aliphatic rings. The van der Waals surface area contributed by atoms with Crippen LogP contribution in [0.25, 0.3) is 0 Å². The molecular weight excluding hydrogens is 266 g/mol. The average Bonchev–Trinajstić information content (AvgIpc) is 2.29. The summed E-state index contributed by atoms with van der Waals surface area (Å²) in [7, 11) is -1.37. The molecule has 0 atom stereocenters. The van der Waals surface area contributed by atoms with E-state index in [0.29, 0.717) is 0 Å². The van der Waals surface area contributed by atoms with Gasteiger partial charge in [-0.2, -0.15) is 0 Å². The van der Waals surface area contributed by atoms with Crippen LogP contribution in [-0.4, -0.2) is 28.5 Å². The number of methoxy groups -OCH3 is 1. The Morgan fingerprint density at radius 2 is 2.00 bits per heavy atom. The van der Waals surface area contributed by atoms with Gasteiger partial charge < -0.3 is 4.74 Å². The Balaban J connectivity index is 5.96. The molecule has 0 aliphatic heterocycles. The van der Waals surface area contributed by atoms with E-state index in [1.807, 2.05) is 0 Å². The van der Waals surface area contributed by atoms with E-state index in [0.717, 1.165) is 7.11 Å². The lowest BCUT2D eigenvalue weighted by molar-refractivity contribution is -0.135. The second-order valence-electron chi connectivity index (χ2n) is 2.88. The summed E-state index contributed by atoms with van der Waals surface area (Å²) in [6.45, 7) is 4.67. The summed E-state index contributed by atoms with van der Waals surface area (Å²) >= 11 is 5.82. The van der Waals surface area contributed by atoms with E-state index in [1.165, 1.54) is 26.1 Å². The van der Waals surface area contributed by atoms with E-state index in [4.69, 9.17) is 11.6 Å². The number of rotatable bonds is 5. The van der Waals surface area contributed by atoms with Crippen molar-refractivity contribution in [2.24, 2.45) is 0 Å². The average molecular weight is 280 g/mol. The van der Waals surface area contributed by atoms with Gasteiger partial charge in [0, 0.05) is 0 Å². The zero-order valence-corrected chi connectivity index (χ0v) is 11.4. The number of ether oxygens (including phenoxy) is 1. The minimum absolute atomic E-state index is 0.0526. The van der Waals surface area contributed by atoms with Crippen molar-refractivity contribution >= 4 is 27.6 Å². The number of hydrogen-bond donors (Lipinski definition) is 1. The summed E-state index contributed by atoms with van der Waals surface area (Å²) in [5.41, 5.74) is -0.219. The van der Waals surface area contributed by atoms with Gasteiger partial charge in [0.05, 0.1) is 22.6 Å². The molecular formula is C10H14ClNO4S. The first-order chi connectivity index (χ1) is 7.81. The van der Waals surface area contributed by atoms with Crippen LogP contribution in [0.2, 0.25) is 0 Å². The Morgan fingerprint density at radius 3 is 2.35 bits per heavy atom. The van der Waals surface area contributed by atoms with Crippen molar-refractivity contribution in [3.63, 3.8) is 0 Å². The summed E-state index contributed by atoms with van der Waals surface area (Å²) in [6, 6.07) is 0. The predicted molar refractivity (Wildman–Crippen MR) is 66.8 cm³/mol. The number of esters is 1. The highest BCUT2D eigenvalue weighted by molar-refractivity contribution is 7.93. The number of allylic oxidation sites excluding steroid dienone is 3. The Hall–Kier alpha value is -1.11. The van der Waals surface area contributed by atoms with E-state index in [-0.39, 0.29) is 15.5 Å². The first-order valence-electron chi connectivity index (χ1n) is 4.53. The fourth-order valence-corrected chi connectivity index (χ4v) is 2.12. The molecule has 0 fully saturated rings. The summed E-state index contributed by atoms with van der Waals surface area (Å²) in [6.07, 6.45) is 2.65. The predicted octanol–water partition coefficient (Wildman–Crippen LogP) is 1.29. The molecule has 0 saturated carbocycles. The molecule has 0 bridgehead atoms. The maximum absolute atomic E-state index is 11.6. The molecule has 0 amide bonds. The van der Waals surface area contributed by atoms with Gasteiger partial charge in [-0.05, 0) is 20.0 Å². The van der Waals surface area contributed by atoms with Gasteiger partial charge >= 0.3 is 5.97 Å². The molecule has 1 N–H and O–H groups in total. The summed E-state index contributed by atoms with van der Waals surface area (Å²) < 4.78 is 29.7. The minimum atomic E-state index is -3.75. The maximum atomic E-state index is 11.6. The molecule has 0 aromatic heterocycles. The quantitative estimate of drug-likeness (QED) is 0.468. The van der Waals surface area contributed by atoms with Gasteiger partial charge in [-0.25, -0.2) is 17.9 Å². The normalized spacial score (nSPS) is 14.0. The Labute approximate surface area is 106 Å². The summed E-state index contributed by atoms with van der Waals surface area (Å²) in [4.78, 5) is 11.3. The largest absolute Gasteiger partial charge is 0.465 e. The van der Waals surface area contributed by atoms with E-state index in [1.54, 1.807) is 0 Å². The number of nitrogens with one attached hydrogen (secondary N) is 1. The SMILES string of the molecule is C=C/C=C(Cl)\C(C(=O)OC)=C(/C)S(=O)(=O)NC. The smallest absolute Gasteiger partial charge is 0.340 e. The highest BCUT2D eigenvalue weighted by Crippen LogP contribution is 2.23. The van der Waals surface area contributed by atoms with Crippen molar-refractivity contribution in [2.45, 2.75) is 6.92 Å². The summed E-state index contributed by atoms with van der Waals surface area (Å²) in [5.74, 6) is -0.829. The molecule has 0 heterocycles. The lowest BCUT2D eigenvalue weighted by Crippen LogP contribution is -2.22. The van der Waals surface area contributed by atoms with E-state index in [2.05, 4.69) is 16.0 Å². The zero-order valence-electron chi connectivity index (χ0n) is 9.78. The third-order valence-electron chi connectivity index (χ3n) is 1.92. The molecule has 0 aromatic rings. The van der Waals surface area contributed by atoms with Gasteiger partial charge in [0.1, 0.15) is 0 Å². The van der Waals surface area contributed by atoms with Gasteiger partial charge in [-0.3, -0.25) is 0 Å². The molecule has 96 valence electrons. The first-order valence-corrected chi connectivity index (χ1v) is 6.39. The molecule has 7 heteroatoms. The molecule has 0 aliphatic carbocycles. The van der Waals surface area contributed by atoms with Crippen LogP contribution in [0.4, 0.5) is 0 Å². The molecule has 5 nitrogen and oxygen atoms in total. The van der Waals surface area contributed by atoms with Crippen LogP contribution in [0, 0.1) is 0 Å². The van der Waals surface area contributed by atoms with Crippen molar-refractivity contribution in [2.75, 3.05) is 14.2 Å². The van der Waals surface area contributed by atoms with Crippen LogP contribution in [0.5, 0.6) is 0 Å². The third kappa shape index (κ3) is 3.99. The number of halogens is 1. The molecule has 0 spiro atoms. The molecule has 0 unspecified atom stereocenters. The molecule has 0 aromatic carbocycles. The van der Waals surface area contributed by atoms with Gasteiger partial charge in [-0.1, -0.05) is 24.3 Å². The Kier molecular flexibility index (Phi) is 6.15. The monoisotopic (exact) mass is 279 g/mol. The Morgan fingerprint density at radius 1 is 1.47 bits per heavy atom. The number of carbonyl (C=O) groups excluding carboxylic acids is 1. The standard InChI is InChI=1S/C10H14ClNO4S/c1-5-6-8(11)9(10(13)16-4)7(2)17(14,15)12-3/h5-6,12H,1H2,2-4H3/b8-6+,9-7-. The van der Waals surface area contributed by atoms with E-state index < -0.39 is 16.0 Å². The van der Waals surface area contributed by atoms with Crippen molar-refractivity contribution in [1.82, 2.24) is 4.72 Å². The van der Waals surface area contributed by atoms with Gasteiger partial charge in [0.2, 0.25) is 10.0 Å². The van der Waals surface area contributed by atoms with Crippen molar-refractivity contribution in [3.05, 3.63) is 34.2 Å². The first kappa shape index (κ1) is 15.9. The Bertz CT molecular complexity index is 477. The second-order valence-corrected chi connectivity index (χ2v) is 5.32. The van der Waals surface area contributed by atoms with Crippen LogP contribution in [0.15, 0.2) is 34.2 Å². The fourth-order valence-electron chi connectivity index (χ4n) is 0.986. The van der Waals surface area contributed by atoms with Crippen LogP contribution >= 0.6 is 11.6 Å². The summed E-state index contributed by atoms with van der Waals surface area (Å²) in [5, 5.41) is -0.0526. The van der Waals surface area contributed by atoms with E-state index >= 15 is 0 Å². The van der Waals surface area contributed by atoms with Crippen molar-refractivity contribution in [3.8, 4) is 0 Å². The van der Waals surface area contributed by atoms with Crippen molar-refractivity contribution < 1.29 is 17.9 Å². The van der Waals surface area contributed by atoms with E-state index in [9.17, 15) is 13.2 Å². The van der Waals surface area contributed by atoms with Crippen LogP contribution in [-0.2, 0) is 19.6 Å². The van der Waals surface area contributed by atoms with Gasteiger partial charge in [0.15, 0.2) is 0 Å². The number of carbonyl (C=O) groups is 1. The third-order valence-corrected chi connectivity index (χ3v) is 3.78. The van der Waals surface area contributed by atoms with Crippen LogP contribution < -0.4 is 4.72 Å². The lowest BCUT2D eigenvalue weighted by atomic mass is 10.2. The molecule has 0 saturated heterocycles. The number of hydrogen-bond acceptors (Lipinski definition) is 4. The molecule has 17 heavy (non-hydrogen) atoms. The molecule has 0 rings (SSSR count). The zero-order chi connectivity index (χ0) is 13.6. The van der Waals surface area contributed by atoms with Crippen LogP contribution in [0.1, 0.15) is 6.92 Å². The van der Waals surface area contributed by atoms with Crippen molar-refractivity contribution in [1.29, 1.82) is 0 Å². The highest BCUT2D eigenvalue weighted by atomic mass is 35.5.